The first-order valence-electron chi connectivity index (χ1n) is 4.71. The van der Waals surface area contributed by atoms with Gasteiger partial charge in [-0.25, -0.2) is 0 Å². The van der Waals surface area contributed by atoms with Gasteiger partial charge in [0.05, 0.1) is 5.56 Å². The minimum absolute atomic E-state index is 0.236. The molecular weight excluding hydrogens is 274 g/mol. The Kier molecular flexibility index (Phi) is 4.49. The van der Waals surface area contributed by atoms with E-state index in [1.807, 2.05) is 0 Å². The minimum Gasteiger partial charge on any atom is -0.480 e. The Labute approximate surface area is 102 Å². The van der Waals surface area contributed by atoms with E-state index in [0.29, 0.717) is 17.6 Å². The summed E-state index contributed by atoms with van der Waals surface area (Å²) in [7, 11) is 1.53. The number of ether oxygens (including phenoxy) is 1. The Morgan fingerprint density at radius 3 is 2.81 bits per heavy atom. The highest BCUT2D eigenvalue weighted by molar-refractivity contribution is 9.10. The molecule has 1 aromatic rings. The van der Waals surface area contributed by atoms with Crippen LogP contribution in [-0.4, -0.2) is 25.3 Å². The SMILES string of the molecule is CNC(=O)C(C)Oc1ccc(Br)cc1C=O. The molecule has 1 unspecified atom stereocenters. The van der Waals surface area contributed by atoms with Gasteiger partial charge in [0.25, 0.3) is 5.91 Å². The van der Waals surface area contributed by atoms with Crippen LogP contribution in [0.2, 0.25) is 0 Å². The second-order valence-corrected chi connectivity index (χ2v) is 4.09. The van der Waals surface area contributed by atoms with E-state index >= 15 is 0 Å². The standard InChI is InChI=1S/C11H12BrNO3/c1-7(11(15)13-2)16-10-4-3-9(12)5-8(10)6-14/h3-7H,1-2H3,(H,13,15). The predicted molar refractivity (Wildman–Crippen MR) is 63.7 cm³/mol. The zero-order chi connectivity index (χ0) is 12.1. The zero-order valence-electron chi connectivity index (χ0n) is 8.99. The highest BCUT2D eigenvalue weighted by atomic mass is 79.9. The van der Waals surface area contributed by atoms with Gasteiger partial charge in [0, 0.05) is 11.5 Å². The highest BCUT2D eigenvalue weighted by Crippen LogP contribution is 2.22. The smallest absolute Gasteiger partial charge is 0.260 e. The number of likely N-dealkylation sites (N-methyl/N-ethyl adjacent to an activating group) is 1. The molecule has 0 heterocycles. The van der Waals surface area contributed by atoms with Gasteiger partial charge in [-0.15, -0.1) is 0 Å². The van der Waals surface area contributed by atoms with Crippen molar-refractivity contribution in [3.8, 4) is 5.75 Å². The summed E-state index contributed by atoms with van der Waals surface area (Å²) in [6, 6.07) is 5.03. The predicted octanol–water partition coefficient (Wildman–Crippen LogP) is 1.77. The monoisotopic (exact) mass is 285 g/mol. The molecule has 0 aromatic heterocycles. The van der Waals surface area contributed by atoms with Gasteiger partial charge in [-0.2, -0.15) is 0 Å². The fraction of sp³-hybridized carbons (Fsp3) is 0.273. The molecule has 1 N–H and O–H groups in total. The Bertz CT molecular complexity index is 406. The van der Waals surface area contributed by atoms with Crippen molar-refractivity contribution in [3.05, 3.63) is 28.2 Å². The number of rotatable bonds is 4. The summed E-state index contributed by atoms with van der Waals surface area (Å²) in [5.41, 5.74) is 0.408. The van der Waals surface area contributed by atoms with Crippen molar-refractivity contribution in [1.82, 2.24) is 5.32 Å². The maximum Gasteiger partial charge on any atom is 0.260 e. The maximum atomic E-state index is 11.2. The number of aldehydes is 1. The first kappa shape index (κ1) is 12.7. The average Bonchev–Trinajstić information content (AvgIpc) is 2.30. The lowest BCUT2D eigenvalue weighted by atomic mass is 10.2. The van der Waals surface area contributed by atoms with Crippen LogP contribution in [-0.2, 0) is 4.79 Å². The second kappa shape index (κ2) is 5.65. The van der Waals surface area contributed by atoms with E-state index in [-0.39, 0.29) is 5.91 Å². The van der Waals surface area contributed by atoms with Crippen LogP contribution in [0.1, 0.15) is 17.3 Å². The number of benzene rings is 1. The van der Waals surface area contributed by atoms with Crippen molar-refractivity contribution in [2.24, 2.45) is 0 Å². The molecular formula is C11H12BrNO3. The van der Waals surface area contributed by atoms with E-state index in [0.717, 1.165) is 4.47 Å². The largest absolute Gasteiger partial charge is 0.480 e. The van der Waals surface area contributed by atoms with E-state index in [2.05, 4.69) is 21.2 Å². The molecule has 5 heteroatoms. The molecule has 0 spiro atoms. The summed E-state index contributed by atoms with van der Waals surface area (Å²) in [6.07, 6.45) is 0.0568. The lowest BCUT2D eigenvalue weighted by Crippen LogP contribution is -2.33. The third-order valence-electron chi connectivity index (χ3n) is 2.02. The molecule has 4 nitrogen and oxygen atoms in total. The van der Waals surface area contributed by atoms with Crippen molar-refractivity contribution in [2.75, 3.05) is 7.05 Å². The van der Waals surface area contributed by atoms with Crippen molar-refractivity contribution in [1.29, 1.82) is 0 Å². The van der Waals surface area contributed by atoms with E-state index in [1.165, 1.54) is 7.05 Å². The molecule has 16 heavy (non-hydrogen) atoms. The van der Waals surface area contributed by atoms with Crippen molar-refractivity contribution in [2.45, 2.75) is 13.0 Å². The zero-order valence-corrected chi connectivity index (χ0v) is 10.6. The van der Waals surface area contributed by atoms with Gasteiger partial charge >= 0.3 is 0 Å². The van der Waals surface area contributed by atoms with Crippen LogP contribution in [0.4, 0.5) is 0 Å². The number of nitrogens with one attached hydrogen (secondary N) is 1. The van der Waals surface area contributed by atoms with Crippen LogP contribution in [0.15, 0.2) is 22.7 Å². The number of hydrogen-bond donors (Lipinski definition) is 1. The van der Waals surface area contributed by atoms with Crippen molar-refractivity contribution in [3.63, 3.8) is 0 Å². The van der Waals surface area contributed by atoms with Gasteiger partial charge in [0.2, 0.25) is 0 Å². The molecule has 0 fully saturated rings. The molecule has 0 aliphatic carbocycles. The average molecular weight is 286 g/mol. The minimum atomic E-state index is -0.634. The molecule has 86 valence electrons. The third-order valence-corrected chi connectivity index (χ3v) is 2.51. The van der Waals surface area contributed by atoms with E-state index in [1.54, 1.807) is 25.1 Å². The quantitative estimate of drug-likeness (QED) is 0.858. The fourth-order valence-electron chi connectivity index (χ4n) is 1.17. The first-order chi connectivity index (χ1) is 7.58. The van der Waals surface area contributed by atoms with Crippen LogP contribution in [0.3, 0.4) is 0 Å². The molecule has 1 amide bonds. The Hall–Kier alpha value is -1.36. The molecule has 0 saturated heterocycles. The van der Waals surface area contributed by atoms with Crippen LogP contribution >= 0.6 is 15.9 Å². The molecule has 1 aromatic carbocycles. The summed E-state index contributed by atoms with van der Waals surface area (Å²) in [6.45, 7) is 1.62. The number of carbonyl (C=O) groups excluding carboxylic acids is 2. The second-order valence-electron chi connectivity index (χ2n) is 3.17. The number of halogens is 1. The van der Waals surface area contributed by atoms with E-state index in [4.69, 9.17) is 4.74 Å². The van der Waals surface area contributed by atoms with Gasteiger partial charge in [0.1, 0.15) is 5.75 Å². The number of hydrogen-bond acceptors (Lipinski definition) is 3. The lowest BCUT2D eigenvalue weighted by molar-refractivity contribution is -0.126. The van der Waals surface area contributed by atoms with Crippen LogP contribution in [0, 0.1) is 0 Å². The van der Waals surface area contributed by atoms with Crippen LogP contribution in [0.5, 0.6) is 5.75 Å². The summed E-state index contributed by atoms with van der Waals surface area (Å²) in [5.74, 6) is 0.161. The Balaban J connectivity index is 2.88. The van der Waals surface area contributed by atoms with Crippen LogP contribution < -0.4 is 10.1 Å². The molecule has 0 saturated carbocycles. The van der Waals surface area contributed by atoms with Crippen LogP contribution in [0.25, 0.3) is 0 Å². The molecule has 0 bridgehead atoms. The van der Waals surface area contributed by atoms with Gasteiger partial charge in [-0.1, -0.05) is 15.9 Å². The van der Waals surface area contributed by atoms with E-state index < -0.39 is 6.10 Å². The fourth-order valence-corrected chi connectivity index (χ4v) is 1.54. The van der Waals surface area contributed by atoms with Gasteiger partial charge < -0.3 is 10.1 Å². The Morgan fingerprint density at radius 1 is 1.56 bits per heavy atom. The van der Waals surface area contributed by atoms with Gasteiger partial charge in [0.15, 0.2) is 12.4 Å². The first-order valence-corrected chi connectivity index (χ1v) is 5.50. The number of carbonyl (C=O) groups is 2. The van der Waals surface area contributed by atoms with Gasteiger partial charge in [-0.05, 0) is 25.1 Å². The normalized spacial score (nSPS) is 11.7. The molecule has 1 rings (SSSR count). The summed E-state index contributed by atoms with van der Waals surface area (Å²) < 4.78 is 6.17. The van der Waals surface area contributed by atoms with Gasteiger partial charge in [-0.3, -0.25) is 9.59 Å². The number of amides is 1. The van der Waals surface area contributed by atoms with Crippen molar-refractivity contribution >= 4 is 28.1 Å². The molecule has 0 radical (unpaired) electrons. The third kappa shape index (κ3) is 3.06. The molecule has 0 aliphatic heterocycles. The van der Waals surface area contributed by atoms with Crippen molar-refractivity contribution < 1.29 is 14.3 Å². The summed E-state index contributed by atoms with van der Waals surface area (Å²) in [4.78, 5) is 22.0. The van der Waals surface area contributed by atoms with E-state index in [9.17, 15) is 9.59 Å². The maximum absolute atomic E-state index is 11.2. The Morgan fingerprint density at radius 2 is 2.25 bits per heavy atom. The topological polar surface area (TPSA) is 55.4 Å². The summed E-state index contributed by atoms with van der Waals surface area (Å²) in [5, 5.41) is 2.47. The highest BCUT2D eigenvalue weighted by Gasteiger charge is 2.14. The molecule has 0 aliphatic rings. The summed E-state index contributed by atoms with van der Waals surface area (Å²) >= 11 is 3.25. The lowest BCUT2D eigenvalue weighted by Gasteiger charge is -2.14. The molecule has 1 atom stereocenters.